The van der Waals surface area contributed by atoms with E-state index in [4.69, 9.17) is 9.47 Å². The second kappa shape index (κ2) is 6.74. The van der Waals surface area contributed by atoms with E-state index in [-0.39, 0.29) is 36.2 Å². The number of esters is 1. The van der Waals surface area contributed by atoms with Gasteiger partial charge in [0.15, 0.2) is 0 Å². The number of amides is 1. The van der Waals surface area contributed by atoms with Gasteiger partial charge in [0.25, 0.3) is 0 Å². The number of rotatable bonds is 4. The monoisotopic (exact) mass is 285 g/mol. The topological polar surface area (TPSA) is 73.9 Å². The molecule has 1 N–H and O–H groups in total. The third-order valence-electron chi connectivity index (χ3n) is 2.78. The van der Waals surface area contributed by atoms with Gasteiger partial charge in [0, 0.05) is 12.8 Å². The van der Waals surface area contributed by atoms with Gasteiger partial charge in [-0.25, -0.2) is 4.79 Å². The summed E-state index contributed by atoms with van der Waals surface area (Å²) in [6.07, 6.45) is 2.91. The molecule has 114 valence electrons. The third kappa shape index (κ3) is 5.21. The van der Waals surface area contributed by atoms with Gasteiger partial charge in [0.1, 0.15) is 6.61 Å². The lowest BCUT2D eigenvalue weighted by atomic mass is 10.0. The zero-order chi connectivity index (χ0) is 15.3. The molecule has 0 saturated heterocycles. The first-order valence-electron chi connectivity index (χ1n) is 6.57. The first kappa shape index (κ1) is 16.5. The third-order valence-corrected chi connectivity index (χ3v) is 2.78. The van der Waals surface area contributed by atoms with Gasteiger partial charge in [-0.15, -0.1) is 0 Å². The summed E-state index contributed by atoms with van der Waals surface area (Å²) < 4.78 is 15.6. The molecule has 0 unspecified atom stereocenters. The minimum absolute atomic E-state index is 0.0970. The van der Waals surface area contributed by atoms with Gasteiger partial charge in [0.2, 0.25) is 0 Å². The van der Waals surface area contributed by atoms with E-state index in [0.29, 0.717) is 0 Å². The van der Waals surface area contributed by atoms with Crippen molar-refractivity contribution >= 4 is 12.1 Å². The maximum atomic E-state index is 11.3. The quantitative estimate of drug-likeness (QED) is 0.628. The summed E-state index contributed by atoms with van der Waals surface area (Å²) >= 11 is 0. The van der Waals surface area contributed by atoms with Gasteiger partial charge in [-0.2, -0.15) is 0 Å². The fourth-order valence-corrected chi connectivity index (χ4v) is 2.01. The van der Waals surface area contributed by atoms with Crippen molar-refractivity contribution in [1.82, 2.24) is 5.32 Å². The highest BCUT2D eigenvalue weighted by Gasteiger charge is 2.37. The van der Waals surface area contributed by atoms with Gasteiger partial charge < -0.3 is 19.5 Å². The number of carbonyl (C=O) groups excluding carboxylic acids is 2. The Balaban J connectivity index is 2.72. The highest BCUT2D eigenvalue weighted by Crippen LogP contribution is 2.27. The van der Waals surface area contributed by atoms with Crippen LogP contribution >= 0.6 is 0 Å². The molecule has 1 amide bonds. The number of hydrogen-bond donors (Lipinski definition) is 1. The fraction of sp³-hybridized carbons (Fsp3) is 0.714. The minimum Gasteiger partial charge on any atom is -0.465 e. The Morgan fingerprint density at radius 3 is 2.40 bits per heavy atom. The molecule has 1 rings (SSSR count). The van der Waals surface area contributed by atoms with Gasteiger partial charge in [-0.1, -0.05) is 12.2 Å². The van der Waals surface area contributed by atoms with Crippen LogP contribution in [0, 0.1) is 5.92 Å². The molecule has 0 saturated carbocycles. The summed E-state index contributed by atoms with van der Waals surface area (Å²) in [5, 5.41) is 2.71. The number of nitrogens with one attached hydrogen (secondary N) is 1. The predicted octanol–water partition coefficient (Wildman–Crippen LogP) is 1.64. The number of alkyl carbamates (subject to hydrolysis) is 1. The van der Waals surface area contributed by atoms with Crippen LogP contribution in [0.25, 0.3) is 0 Å². The zero-order valence-corrected chi connectivity index (χ0v) is 12.6. The average Bonchev–Trinajstić information content (AvgIpc) is 2.67. The maximum absolute atomic E-state index is 11.3. The van der Waals surface area contributed by atoms with Gasteiger partial charge in [-0.3, -0.25) is 4.79 Å². The lowest BCUT2D eigenvalue weighted by Gasteiger charge is -2.32. The summed E-state index contributed by atoms with van der Waals surface area (Å²) in [6.45, 7) is 7.39. The molecule has 0 fully saturated rings. The highest BCUT2D eigenvalue weighted by molar-refractivity contribution is 5.68. The van der Waals surface area contributed by atoms with Crippen LogP contribution in [-0.2, 0) is 19.0 Å². The van der Waals surface area contributed by atoms with Crippen LogP contribution in [0.4, 0.5) is 4.79 Å². The van der Waals surface area contributed by atoms with Crippen LogP contribution < -0.4 is 5.32 Å². The Kier molecular flexibility index (Phi) is 5.56. The van der Waals surface area contributed by atoms with Crippen molar-refractivity contribution in [2.75, 3.05) is 13.7 Å². The van der Waals surface area contributed by atoms with Crippen LogP contribution in [-0.4, -0.2) is 43.5 Å². The Morgan fingerprint density at radius 1 is 1.25 bits per heavy atom. The Labute approximate surface area is 119 Å². The standard InChI is InChI=1S/C14H23NO5/c1-9(16)19-8-10-6-7-11(15-13(17)18-5)12(10)20-14(2,3)4/h6-7,10-12H,8H2,1-5H3,(H,15,17)/t10-,11-,12-/m0/s1. The molecule has 1 aliphatic rings. The molecule has 20 heavy (non-hydrogen) atoms. The lowest BCUT2D eigenvalue weighted by Crippen LogP contribution is -2.47. The minimum atomic E-state index is -0.518. The van der Waals surface area contributed by atoms with Gasteiger partial charge >= 0.3 is 12.1 Å². The Bertz CT molecular complexity index is 386. The summed E-state index contributed by atoms with van der Waals surface area (Å²) in [6, 6.07) is -0.303. The van der Waals surface area contributed by atoms with Crippen molar-refractivity contribution in [3.8, 4) is 0 Å². The molecule has 6 nitrogen and oxygen atoms in total. The number of methoxy groups -OCH3 is 1. The largest absolute Gasteiger partial charge is 0.465 e. The lowest BCUT2D eigenvalue weighted by molar-refractivity contribution is -0.145. The van der Waals surface area contributed by atoms with Crippen LogP contribution in [0.5, 0.6) is 0 Å². The summed E-state index contributed by atoms with van der Waals surface area (Å²) in [5.74, 6) is -0.433. The highest BCUT2D eigenvalue weighted by atomic mass is 16.5. The van der Waals surface area contributed by atoms with E-state index < -0.39 is 6.09 Å². The molecular formula is C14H23NO5. The smallest absolute Gasteiger partial charge is 0.407 e. The van der Waals surface area contributed by atoms with E-state index in [9.17, 15) is 9.59 Å². The molecule has 0 aromatic carbocycles. The first-order valence-corrected chi connectivity index (χ1v) is 6.57. The van der Waals surface area contributed by atoms with Crippen LogP contribution in [0.2, 0.25) is 0 Å². The predicted molar refractivity (Wildman–Crippen MR) is 73.2 cm³/mol. The van der Waals surface area contributed by atoms with Crippen LogP contribution in [0.15, 0.2) is 12.2 Å². The molecule has 0 bridgehead atoms. The molecule has 0 aromatic rings. The summed E-state index contributed by atoms with van der Waals surface area (Å²) in [4.78, 5) is 22.3. The van der Waals surface area contributed by atoms with Crippen LogP contribution in [0.1, 0.15) is 27.7 Å². The van der Waals surface area contributed by atoms with Gasteiger partial charge in [0.05, 0.1) is 24.9 Å². The van der Waals surface area contributed by atoms with E-state index in [2.05, 4.69) is 10.1 Å². The molecule has 1 aliphatic carbocycles. The average molecular weight is 285 g/mol. The molecule has 0 aliphatic heterocycles. The normalized spacial score (nSPS) is 25.4. The second-order valence-electron chi connectivity index (χ2n) is 5.71. The van der Waals surface area contributed by atoms with Crippen molar-refractivity contribution in [1.29, 1.82) is 0 Å². The molecule has 0 aromatic heterocycles. The van der Waals surface area contributed by atoms with Crippen molar-refractivity contribution in [2.45, 2.75) is 45.4 Å². The van der Waals surface area contributed by atoms with Crippen molar-refractivity contribution < 1.29 is 23.8 Å². The van der Waals surface area contributed by atoms with Crippen molar-refractivity contribution in [2.24, 2.45) is 5.92 Å². The number of carbonyl (C=O) groups is 2. The van der Waals surface area contributed by atoms with E-state index in [1.165, 1.54) is 14.0 Å². The Morgan fingerprint density at radius 2 is 1.90 bits per heavy atom. The molecule has 6 heteroatoms. The maximum Gasteiger partial charge on any atom is 0.407 e. The second-order valence-corrected chi connectivity index (χ2v) is 5.71. The Hall–Kier alpha value is -1.56. The number of hydrogen-bond acceptors (Lipinski definition) is 5. The van der Waals surface area contributed by atoms with E-state index in [0.717, 1.165) is 0 Å². The summed E-state index contributed by atoms with van der Waals surface area (Å²) in [5.41, 5.74) is -0.374. The van der Waals surface area contributed by atoms with Crippen LogP contribution in [0.3, 0.4) is 0 Å². The SMILES string of the molecule is COC(=O)N[C@H]1C=C[C@@H](COC(C)=O)[C@@H]1OC(C)(C)C. The van der Waals surface area contributed by atoms with Gasteiger partial charge in [-0.05, 0) is 20.8 Å². The van der Waals surface area contributed by atoms with E-state index in [1.807, 2.05) is 32.9 Å². The molecule has 0 radical (unpaired) electrons. The van der Waals surface area contributed by atoms with E-state index >= 15 is 0 Å². The number of ether oxygens (including phenoxy) is 3. The summed E-state index contributed by atoms with van der Waals surface area (Å²) in [7, 11) is 1.31. The molecular weight excluding hydrogens is 262 g/mol. The molecule has 3 atom stereocenters. The zero-order valence-electron chi connectivity index (χ0n) is 12.6. The van der Waals surface area contributed by atoms with Crippen molar-refractivity contribution in [3.63, 3.8) is 0 Å². The molecule has 0 heterocycles. The fourth-order valence-electron chi connectivity index (χ4n) is 2.01. The molecule has 0 spiro atoms. The first-order chi connectivity index (χ1) is 9.23. The van der Waals surface area contributed by atoms with Crippen molar-refractivity contribution in [3.05, 3.63) is 12.2 Å². The van der Waals surface area contributed by atoms with E-state index in [1.54, 1.807) is 0 Å².